The molecule has 5 heteroatoms. The summed E-state index contributed by atoms with van der Waals surface area (Å²) in [5.41, 5.74) is 7.78. The summed E-state index contributed by atoms with van der Waals surface area (Å²) in [6.45, 7) is 0.0485. The summed E-state index contributed by atoms with van der Waals surface area (Å²) in [7, 11) is 1.62. The average Bonchev–Trinajstić information content (AvgIpc) is 2.44. The van der Waals surface area contributed by atoms with Gasteiger partial charge in [0.05, 0.1) is 13.7 Å². The third-order valence-corrected chi connectivity index (χ3v) is 3.84. The van der Waals surface area contributed by atoms with Crippen molar-refractivity contribution in [3.63, 3.8) is 0 Å². The van der Waals surface area contributed by atoms with Crippen molar-refractivity contribution in [2.75, 3.05) is 20.2 Å². The highest BCUT2D eigenvalue weighted by atomic mass is 19.3. The largest absolute Gasteiger partial charge is 0.497 e. The van der Waals surface area contributed by atoms with Gasteiger partial charge in [-0.25, -0.2) is 8.78 Å². The first-order chi connectivity index (χ1) is 9.08. The van der Waals surface area contributed by atoms with Crippen LogP contribution in [0.25, 0.3) is 0 Å². The smallest absolute Gasteiger partial charge is 0.250 e. The second-order valence-electron chi connectivity index (χ2n) is 5.07. The van der Waals surface area contributed by atoms with Crippen LogP contribution in [0.3, 0.4) is 0 Å². The van der Waals surface area contributed by atoms with Crippen LogP contribution in [0.5, 0.6) is 5.75 Å². The molecule has 3 N–H and O–H groups in total. The third-order valence-electron chi connectivity index (χ3n) is 3.84. The van der Waals surface area contributed by atoms with E-state index in [2.05, 4.69) is 5.32 Å². The number of alkyl halides is 2. The highest BCUT2D eigenvalue weighted by molar-refractivity contribution is 5.39. The maximum Gasteiger partial charge on any atom is 0.250 e. The Morgan fingerprint density at radius 1 is 1.42 bits per heavy atom. The van der Waals surface area contributed by atoms with Crippen LogP contribution >= 0.6 is 0 Å². The Morgan fingerprint density at radius 2 is 2.21 bits per heavy atom. The summed E-state index contributed by atoms with van der Waals surface area (Å²) in [5.74, 6) is 0.792. The molecule has 0 fully saturated rings. The number of ether oxygens (including phenoxy) is 1. The molecule has 0 heterocycles. The van der Waals surface area contributed by atoms with Crippen LogP contribution in [0.4, 0.5) is 8.78 Å². The first-order valence-corrected chi connectivity index (χ1v) is 6.47. The van der Waals surface area contributed by atoms with E-state index in [4.69, 9.17) is 10.5 Å². The Morgan fingerprint density at radius 3 is 2.84 bits per heavy atom. The van der Waals surface area contributed by atoms with E-state index in [1.165, 1.54) is 5.56 Å². The number of benzene rings is 1. The van der Waals surface area contributed by atoms with E-state index in [9.17, 15) is 8.78 Å². The number of hydrogen-bond donors (Lipinski definition) is 2. The molecule has 1 aliphatic rings. The first-order valence-electron chi connectivity index (χ1n) is 6.47. The lowest BCUT2D eigenvalue weighted by Gasteiger charge is -2.38. The van der Waals surface area contributed by atoms with Crippen molar-refractivity contribution in [3.8, 4) is 5.75 Å². The van der Waals surface area contributed by atoms with Gasteiger partial charge in [0.2, 0.25) is 0 Å². The van der Waals surface area contributed by atoms with Gasteiger partial charge in [-0.3, -0.25) is 0 Å². The lowest BCUT2D eigenvalue weighted by molar-refractivity contribution is 0.126. The quantitative estimate of drug-likeness (QED) is 0.856. The lowest BCUT2D eigenvalue weighted by atomic mass is 9.78. The second-order valence-corrected chi connectivity index (χ2v) is 5.07. The molecule has 0 bridgehead atoms. The third kappa shape index (κ3) is 3.22. The van der Waals surface area contributed by atoms with Crippen LogP contribution in [0.1, 0.15) is 17.5 Å². The van der Waals surface area contributed by atoms with Crippen molar-refractivity contribution in [1.29, 1.82) is 0 Å². The van der Waals surface area contributed by atoms with Crippen LogP contribution in [-0.4, -0.2) is 32.2 Å². The molecule has 1 unspecified atom stereocenters. The van der Waals surface area contributed by atoms with E-state index in [-0.39, 0.29) is 6.54 Å². The van der Waals surface area contributed by atoms with Crippen molar-refractivity contribution in [2.45, 2.75) is 31.2 Å². The van der Waals surface area contributed by atoms with E-state index in [0.29, 0.717) is 13.0 Å². The summed E-state index contributed by atoms with van der Waals surface area (Å²) in [6.07, 6.45) is -0.0411. The number of aryl methyl sites for hydroxylation is 1. The molecule has 0 saturated carbocycles. The fourth-order valence-electron chi connectivity index (χ4n) is 2.66. The number of fused-ring (bicyclic) bond motifs is 1. The standard InChI is InChI=1S/C14H20F2N2O/c1-19-12-3-2-10-4-5-14(9-17,7-11(10)6-12)18-8-13(15)16/h2-3,6,13,18H,4-5,7-9,17H2,1H3. The topological polar surface area (TPSA) is 47.3 Å². The van der Waals surface area contributed by atoms with Gasteiger partial charge in [0.1, 0.15) is 5.75 Å². The van der Waals surface area contributed by atoms with Gasteiger partial charge in [-0.05, 0) is 42.5 Å². The summed E-state index contributed by atoms with van der Waals surface area (Å²) in [5, 5.41) is 2.95. The molecule has 0 radical (unpaired) electrons. The van der Waals surface area contributed by atoms with Crippen molar-refractivity contribution in [1.82, 2.24) is 5.32 Å². The molecule has 1 aromatic rings. The number of rotatable bonds is 5. The van der Waals surface area contributed by atoms with Gasteiger partial charge in [0, 0.05) is 12.1 Å². The van der Waals surface area contributed by atoms with Crippen LogP contribution in [0.15, 0.2) is 18.2 Å². The lowest BCUT2D eigenvalue weighted by Crippen LogP contribution is -2.56. The first kappa shape index (κ1) is 14.2. The van der Waals surface area contributed by atoms with Gasteiger partial charge in [-0.2, -0.15) is 0 Å². The SMILES string of the molecule is COc1ccc2c(c1)CC(CN)(NCC(F)F)CC2. The summed E-state index contributed by atoms with van der Waals surface area (Å²) in [4.78, 5) is 0. The van der Waals surface area contributed by atoms with Crippen molar-refractivity contribution in [3.05, 3.63) is 29.3 Å². The Balaban J connectivity index is 2.17. The van der Waals surface area contributed by atoms with E-state index in [1.807, 2.05) is 18.2 Å². The Hall–Kier alpha value is -1.20. The molecule has 0 saturated heterocycles. The zero-order chi connectivity index (χ0) is 13.9. The maximum absolute atomic E-state index is 12.4. The summed E-state index contributed by atoms with van der Waals surface area (Å²) < 4.78 is 30.0. The van der Waals surface area contributed by atoms with E-state index in [0.717, 1.165) is 24.2 Å². The van der Waals surface area contributed by atoms with Gasteiger partial charge < -0.3 is 15.8 Å². The van der Waals surface area contributed by atoms with Gasteiger partial charge in [-0.15, -0.1) is 0 Å². The van der Waals surface area contributed by atoms with Crippen LogP contribution in [0.2, 0.25) is 0 Å². The van der Waals surface area contributed by atoms with Gasteiger partial charge in [0.25, 0.3) is 6.43 Å². The van der Waals surface area contributed by atoms with Crippen molar-refractivity contribution < 1.29 is 13.5 Å². The zero-order valence-corrected chi connectivity index (χ0v) is 11.1. The maximum atomic E-state index is 12.4. The minimum atomic E-state index is -2.35. The molecule has 0 aromatic heterocycles. The molecule has 19 heavy (non-hydrogen) atoms. The number of nitrogens with one attached hydrogen (secondary N) is 1. The Bertz CT molecular complexity index is 439. The molecule has 0 spiro atoms. The molecule has 2 rings (SSSR count). The number of halogens is 2. The zero-order valence-electron chi connectivity index (χ0n) is 11.1. The molecule has 3 nitrogen and oxygen atoms in total. The molecule has 1 aliphatic carbocycles. The van der Waals surface area contributed by atoms with Crippen LogP contribution < -0.4 is 15.8 Å². The highest BCUT2D eigenvalue weighted by Gasteiger charge is 2.33. The number of nitrogens with two attached hydrogens (primary N) is 1. The Labute approximate surface area is 112 Å². The van der Waals surface area contributed by atoms with Gasteiger partial charge in [-0.1, -0.05) is 6.07 Å². The number of methoxy groups -OCH3 is 1. The highest BCUT2D eigenvalue weighted by Crippen LogP contribution is 2.30. The van der Waals surface area contributed by atoms with Crippen molar-refractivity contribution >= 4 is 0 Å². The normalized spacial score (nSPS) is 22.4. The van der Waals surface area contributed by atoms with Gasteiger partial charge >= 0.3 is 0 Å². The fraction of sp³-hybridized carbons (Fsp3) is 0.571. The summed E-state index contributed by atoms with van der Waals surface area (Å²) >= 11 is 0. The van der Waals surface area contributed by atoms with Crippen molar-refractivity contribution in [2.24, 2.45) is 5.73 Å². The molecule has 0 amide bonds. The number of hydrogen-bond acceptors (Lipinski definition) is 3. The van der Waals surface area contributed by atoms with E-state index >= 15 is 0 Å². The molecule has 1 atom stereocenters. The fourth-order valence-corrected chi connectivity index (χ4v) is 2.66. The summed E-state index contributed by atoms with van der Waals surface area (Å²) in [6, 6.07) is 5.95. The predicted octanol–water partition coefficient (Wildman–Crippen LogP) is 1.74. The molecule has 1 aromatic carbocycles. The molecule has 0 aliphatic heterocycles. The van der Waals surface area contributed by atoms with Crippen LogP contribution in [-0.2, 0) is 12.8 Å². The van der Waals surface area contributed by atoms with Crippen LogP contribution in [0, 0.1) is 0 Å². The monoisotopic (exact) mass is 270 g/mol. The minimum absolute atomic E-state index is 0.309. The van der Waals surface area contributed by atoms with E-state index < -0.39 is 12.0 Å². The Kier molecular flexibility index (Phi) is 4.37. The second kappa shape index (κ2) is 5.84. The molecule has 106 valence electrons. The average molecular weight is 270 g/mol. The van der Waals surface area contributed by atoms with Gasteiger partial charge in [0.15, 0.2) is 0 Å². The molecular formula is C14H20F2N2O. The van der Waals surface area contributed by atoms with E-state index in [1.54, 1.807) is 7.11 Å². The predicted molar refractivity (Wildman–Crippen MR) is 70.8 cm³/mol. The molecular weight excluding hydrogens is 250 g/mol. The minimum Gasteiger partial charge on any atom is -0.497 e.